The fourth-order valence-electron chi connectivity index (χ4n) is 3.19. The summed E-state index contributed by atoms with van der Waals surface area (Å²) < 4.78 is 32.1. The van der Waals surface area contributed by atoms with Crippen molar-refractivity contribution in [2.24, 2.45) is 5.92 Å². The quantitative estimate of drug-likeness (QED) is 0.869. The molecule has 0 radical (unpaired) electrons. The Kier molecular flexibility index (Phi) is 4.62. The van der Waals surface area contributed by atoms with E-state index in [1.807, 2.05) is 0 Å². The lowest BCUT2D eigenvalue weighted by Gasteiger charge is -2.26. The molecule has 2 amide bonds. The molecule has 24 heavy (non-hydrogen) atoms. The van der Waals surface area contributed by atoms with Gasteiger partial charge in [0.2, 0.25) is 5.92 Å². The van der Waals surface area contributed by atoms with Crippen molar-refractivity contribution in [1.82, 2.24) is 10.6 Å². The summed E-state index contributed by atoms with van der Waals surface area (Å²) >= 11 is 5.87. The van der Waals surface area contributed by atoms with Crippen LogP contribution in [0.15, 0.2) is 24.3 Å². The Morgan fingerprint density at radius 2 is 2.08 bits per heavy atom. The number of carbonyl (C=O) groups is 2. The summed E-state index contributed by atoms with van der Waals surface area (Å²) in [5.74, 6) is -3.61. The van der Waals surface area contributed by atoms with Crippen molar-refractivity contribution in [1.29, 1.82) is 0 Å². The molecule has 1 heterocycles. The van der Waals surface area contributed by atoms with Crippen LogP contribution in [0.4, 0.5) is 13.6 Å². The lowest BCUT2D eigenvalue weighted by Crippen LogP contribution is -2.41. The Morgan fingerprint density at radius 1 is 1.38 bits per heavy atom. The van der Waals surface area contributed by atoms with E-state index in [2.05, 4.69) is 10.6 Å². The standard InChI is InChI=1S/C16H17ClF2N2O3/c17-11-3-1-9(2-4-11)13(10-5-6-16(18,19)7-10)21-14(22)12-8-20-15(23)24-12/h1-4,10,12-13H,5-8H2,(H,20,23)(H,21,22)/t10-,12?,13+/m0/s1. The maximum absolute atomic E-state index is 13.6. The number of cyclic esters (lactones) is 1. The van der Waals surface area contributed by atoms with Crippen LogP contribution in [0.2, 0.25) is 5.02 Å². The molecular formula is C16H17ClF2N2O3. The van der Waals surface area contributed by atoms with Crippen LogP contribution in [0.3, 0.4) is 0 Å². The number of halogens is 3. The second-order valence-electron chi connectivity index (χ2n) is 6.17. The Bertz CT molecular complexity index is 639. The largest absolute Gasteiger partial charge is 0.434 e. The van der Waals surface area contributed by atoms with Crippen LogP contribution in [0.25, 0.3) is 0 Å². The molecule has 5 nitrogen and oxygen atoms in total. The minimum absolute atomic E-state index is 0.0683. The Balaban J connectivity index is 1.78. The van der Waals surface area contributed by atoms with Crippen LogP contribution in [0.5, 0.6) is 0 Å². The van der Waals surface area contributed by atoms with Gasteiger partial charge in [-0.3, -0.25) is 4.79 Å². The van der Waals surface area contributed by atoms with Crippen LogP contribution in [-0.2, 0) is 9.53 Å². The van der Waals surface area contributed by atoms with Gasteiger partial charge in [-0.2, -0.15) is 0 Å². The zero-order chi connectivity index (χ0) is 17.3. The molecule has 1 aromatic rings. The van der Waals surface area contributed by atoms with Gasteiger partial charge in [0.05, 0.1) is 12.6 Å². The number of alkyl carbamates (subject to hydrolysis) is 1. The van der Waals surface area contributed by atoms with Crippen molar-refractivity contribution >= 4 is 23.6 Å². The van der Waals surface area contributed by atoms with Crippen LogP contribution in [0.1, 0.15) is 30.9 Å². The van der Waals surface area contributed by atoms with Crippen LogP contribution in [0, 0.1) is 5.92 Å². The molecule has 2 N–H and O–H groups in total. The van der Waals surface area contributed by atoms with Gasteiger partial charge in [-0.1, -0.05) is 23.7 Å². The van der Waals surface area contributed by atoms with Gasteiger partial charge < -0.3 is 15.4 Å². The summed E-state index contributed by atoms with van der Waals surface area (Å²) in [5.41, 5.74) is 0.702. The molecule has 1 aromatic carbocycles. The number of rotatable bonds is 4. The predicted octanol–water partition coefficient (Wildman–Crippen LogP) is 3.04. The third-order valence-corrected chi connectivity index (χ3v) is 4.67. The first-order valence-electron chi connectivity index (χ1n) is 7.72. The van der Waals surface area contributed by atoms with Gasteiger partial charge in [-0.05, 0) is 30.0 Å². The molecule has 1 saturated heterocycles. The molecule has 2 aliphatic rings. The van der Waals surface area contributed by atoms with Crippen LogP contribution < -0.4 is 10.6 Å². The fraction of sp³-hybridized carbons (Fsp3) is 0.500. The molecule has 0 spiro atoms. The fourth-order valence-corrected chi connectivity index (χ4v) is 3.32. The van der Waals surface area contributed by atoms with Crippen molar-refractivity contribution in [2.45, 2.75) is 37.3 Å². The molecule has 1 aliphatic heterocycles. The van der Waals surface area contributed by atoms with E-state index in [1.54, 1.807) is 24.3 Å². The first-order valence-corrected chi connectivity index (χ1v) is 8.10. The van der Waals surface area contributed by atoms with Crippen molar-refractivity contribution < 1.29 is 23.1 Å². The van der Waals surface area contributed by atoms with Crippen LogP contribution in [-0.4, -0.2) is 30.6 Å². The average Bonchev–Trinajstić information content (AvgIpc) is 3.11. The van der Waals surface area contributed by atoms with E-state index in [0.717, 1.165) is 0 Å². The SMILES string of the molecule is O=C1NCC(C(=O)N[C@H](c2ccc(Cl)cc2)[C@H]2CCC(F)(F)C2)O1. The van der Waals surface area contributed by atoms with Gasteiger partial charge in [-0.15, -0.1) is 0 Å². The van der Waals surface area contributed by atoms with Gasteiger partial charge >= 0.3 is 6.09 Å². The number of benzene rings is 1. The highest BCUT2D eigenvalue weighted by Crippen LogP contribution is 2.44. The summed E-state index contributed by atoms with van der Waals surface area (Å²) in [6.45, 7) is 0.0683. The molecule has 0 aromatic heterocycles. The van der Waals surface area contributed by atoms with E-state index in [1.165, 1.54) is 0 Å². The highest BCUT2D eigenvalue weighted by Gasteiger charge is 2.44. The monoisotopic (exact) mass is 358 g/mol. The highest BCUT2D eigenvalue weighted by molar-refractivity contribution is 6.30. The number of carbonyl (C=O) groups excluding carboxylic acids is 2. The number of nitrogens with one attached hydrogen (secondary N) is 2. The Hall–Kier alpha value is -1.89. The lowest BCUT2D eigenvalue weighted by molar-refractivity contribution is -0.129. The van der Waals surface area contributed by atoms with Gasteiger partial charge in [-0.25, -0.2) is 13.6 Å². The van der Waals surface area contributed by atoms with E-state index in [-0.39, 0.29) is 19.4 Å². The topological polar surface area (TPSA) is 67.4 Å². The third-order valence-electron chi connectivity index (χ3n) is 4.41. The first-order chi connectivity index (χ1) is 11.3. The molecule has 3 rings (SSSR count). The van der Waals surface area contributed by atoms with E-state index in [9.17, 15) is 18.4 Å². The molecular weight excluding hydrogens is 342 g/mol. The van der Waals surface area contributed by atoms with Crippen molar-refractivity contribution in [3.63, 3.8) is 0 Å². The number of amides is 2. The molecule has 8 heteroatoms. The van der Waals surface area contributed by atoms with Crippen molar-refractivity contribution in [2.75, 3.05) is 6.54 Å². The average molecular weight is 359 g/mol. The van der Waals surface area contributed by atoms with Gasteiger partial charge in [0.15, 0.2) is 6.10 Å². The maximum Gasteiger partial charge on any atom is 0.408 e. The lowest BCUT2D eigenvalue weighted by atomic mass is 9.91. The van der Waals surface area contributed by atoms with Crippen molar-refractivity contribution in [3.8, 4) is 0 Å². The number of hydrogen-bond acceptors (Lipinski definition) is 3. The zero-order valence-electron chi connectivity index (χ0n) is 12.7. The molecule has 130 valence electrons. The summed E-state index contributed by atoms with van der Waals surface area (Å²) in [7, 11) is 0. The van der Waals surface area contributed by atoms with Gasteiger partial charge in [0.25, 0.3) is 5.91 Å². The second kappa shape index (κ2) is 6.55. The number of ether oxygens (including phenoxy) is 1. The molecule has 3 atom stereocenters. The summed E-state index contributed by atoms with van der Waals surface area (Å²) in [6.07, 6.45) is -1.79. The van der Waals surface area contributed by atoms with E-state index >= 15 is 0 Å². The molecule has 0 bridgehead atoms. The Labute approximate surface area is 142 Å². The predicted molar refractivity (Wildman–Crippen MR) is 82.9 cm³/mol. The van der Waals surface area contributed by atoms with Gasteiger partial charge in [0.1, 0.15) is 0 Å². The molecule has 1 aliphatic carbocycles. The van der Waals surface area contributed by atoms with E-state index in [0.29, 0.717) is 17.0 Å². The third kappa shape index (κ3) is 3.77. The minimum Gasteiger partial charge on any atom is -0.434 e. The summed E-state index contributed by atoms with van der Waals surface area (Å²) in [6, 6.07) is 6.15. The second-order valence-corrected chi connectivity index (χ2v) is 6.61. The molecule has 2 fully saturated rings. The van der Waals surface area contributed by atoms with E-state index in [4.69, 9.17) is 16.3 Å². The Morgan fingerprint density at radius 3 is 2.62 bits per heavy atom. The number of hydrogen-bond donors (Lipinski definition) is 2. The van der Waals surface area contributed by atoms with Crippen molar-refractivity contribution in [3.05, 3.63) is 34.9 Å². The number of alkyl halides is 2. The van der Waals surface area contributed by atoms with Gasteiger partial charge in [0, 0.05) is 17.9 Å². The smallest absolute Gasteiger partial charge is 0.408 e. The molecule has 1 saturated carbocycles. The normalized spacial score (nSPS) is 26.5. The summed E-state index contributed by atoms with van der Waals surface area (Å²) in [4.78, 5) is 23.4. The summed E-state index contributed by atoms with van der Waals surface area (Å²) in [5, 5.41) is 5.68. The molecule has 1 unspecified atom stereocenters. The van der Waals surface area contributed by atoms with E-state index < -0.39 is 36.0 Å². The zero-order valence-corrected chi connectivity index (χ0v) is 13.5. The van der Waals surface area contributed by atoms with Crippen LogP contribution >= 0.6 is 11.6 Å². The first kappa shape index (κ1) is 17.0. The highest BCUT2D eigenvalue weighted by atomic mass is 35.5. The minimum atomic E-state index is -2.72. The maximum atomic E-state index is 13.6.